The molecule has 0 fully saturated rings. The third kappa shape index (κ3) is 5.74. The van der Waals surface area contributed by atoms with Crippen molar-refractivity contribution >= 4 is 46.0 Å². The van der Waals surface area contributed by atoms with E-state index in [1.165, 1.54) is 15.5 Å². The molecule has 9 nitrogen and oxygen atoms in total. The van der Waals surface area contributed by atoms with Crippen molar-refractivity contribution in [2.24, 2.45) is 0 Å². The first-order chi connectivity index (χ1) is 18.8. The van der Waals surface area contributed by atoms with Gasteiger partial charge in [0, 0.05) is 17.3 Å². The zero-order valence-electron chi connectivity index (χ0n) is 22.0. The van der Waals surface area contributed by atoms with E-state index >= 15 is 0 Å². The van der Waals surface area contributed by atoms with Gasteiger partial charge in [0.15, 0.2) is 0 Å². The largest absolute Gasteiger partial charge is 0.465 e. The molecule has 1 atom stereocenters. The van der Waals surface area contributed by atoms with Gasteiger partial charge in [0.2, 0.25) is 0 Å². The summed E-state index contributed by atoms with van der Waals surface area (Å²) in [6.45, 7) is 6.81. The Morgan fingerprint density at radius 2 is 1.75 bits per heavy atom. The van der Waals surface area contributed by atoms with Crippen LogP contribution in [0.2, 0.25) is 5.02 Å². The van der Waals surface area contributed by atoms with Crippen molar-refractivity contribution in [1.82, 2.24) is 14.5 Å². The normalized spacial score (nSPS) is 12.2. The molecule has 0 aliphatic heterocycles. The van der Waals surface area contributed by atoms with Crippen molar-refractivity contribution in [2.45, 2.75) is 39.3 Å². The van der Waals surface area contributed by atoms with E-state index in [4.69, 9.17) is 11.6 Å². The lowest BCUT2D eigenvalue weighted by Crippen LogP contribution is -2.47. The van der Waals surface area contributed by atoms with Crippen LogP contribution in [-0.4, -0.2) is 37.2 Å². The molecule has 1 heterocycles. The summed E-state index contributed by atoms with van der Waals surface area (Å²) < 4.78 is 28.4. The van der Waals surface area contributed by atoms with Crippen LogP contribution in [0.4, 0.5) is 29.7 Å². The maximum atomic E-state index is 14.0. The molecule has 3 N–H and O–H groups in total. The highest BCUT2D eigenvalue weighted by molar-refractivity contribution is 6.35. The Morgan fingerprint density at radius 3 is 2.40 bits per heavy atom. The number of halogens is 3. The van der Waals surface area contributed by atoms with Crippen molar-refractivity contribution in [2.75, 3.05) is 10.6 Å². The van der Waals surface area contributed by atoms with Crippen LogP contribution >= 0.6 is 11.6 Å². The molecular formula is C28H26ClF2N5O4. The van der Waals surface area contributed by atoms with Gasteiger partial charge in [-0.1, -0.05) is 23.7 Å². The molecule has 12 heteroatoms. The van der Waals surface area contributed by atoms with E-state index in [0.29, 0.717) is 11.6 Å². The second-order valence-electron chi connectivity index (χ2n) is 10.00. The monoisotopic (exact) mass is 569 g/mol. The predicted octanol–water partition coefficient (Wildman–Crippen LogP) is 6.80. The number of carbonyl (C=O) groups excluding carboxylic acids is 1. The van der Waals surface area contributed by atoms with Gasteiger partial charge in [0.25, 0.3) is 5.56 Å². The number of aromatic nitrogens is 2. The van der Waals surface area contributed by atoms with Crippen LogP contribution in [0.25, 0.3) is 16.6 Å². The fourth-order valence-corrected chi connectivity index (χ4v) is 4.73. The minimum absolute atomic E-state index is 0.132. The first kappa shape index (κ1) is 28.5. The summed E-state index contributed by atoms with van der Waals surface area (Å²) in [7, 11) is 0. The Balaban J connectivity index is 1.81. The Kier molecular flexibility index (Phi) is 7.79. The van der Waals surface area contributed by atoms with Crippen molar-refractivity contribution < 1.29 is 23.5 Å². The number of hydrogen-bond acceptors (Lipinski definition) is 4. The predicted molar refractivity (Wildman–Crippen MR) is 149 cm³/mol. The van der Waals surface area contributed by atoms with Crippen molar-refractivity contribution in [3.8, 4) is 5.69 Å². The minimum Gasteiger partial charge on any atom is -0.465 e. The molecule has 3 aromatic carbocycles. The van der Waals surface area contributed by atoms with Gasteiger partial charge < -0.3 is 15.7 Å². The van der Waals surface area contributed by atoms with E-state index in [1.807, 2.05) is 0 Å². The van der Waals surface area contributed by atoms with Gasteiger partial charge in [0.1, 0.15) is 17.5 Å². The van der Waals surface area contributed by atoms with E-state index in [9.17, 15) is 28.3 Å². The summed E-state index contributed by atoms with van der Waals surface area (Å²) in [4.78, 5) is 44.5. The number of nitrogens with zero attached hydrogens (tertiary/aromatic N) is 3. The van der Waals surface area contributed by atoms with Gasteiger partial charge in [-0.15, -0.1) is 0 Å². The number of nitrogens with one attached hydrogen (secondary N) is 2. The summed E-state index contributed by atoms with van der Waals surface area (Å²) >= 11 is 6.36. The van der Waals surface area contributed by atoms with Gasteiger partial charge in [0.05, 0.1) is 33.3 Å². The maximum absolute atomic E-state index is 14.0. The van der Waals surface area contributed by atoms with E-state index in [1.54, 1.807) is 64.1 Å². The van der Waals surface area contributed by atoms with Crippen molar-refractivity contribution in [1.29, 1.82) is 0 Å². The minimum atomic E-state index is -1.20. The molecule has 4 rings (SSSR count). The maximum Gasteiger partial charge on any atom is 0.408 e. The number of rotatable bonds is 5. The van der Waals surface area contributed by atoms with Gasteiger partial charge in [-0.3, -0.25) is 14.3 Å². The molecule has 0 saturated carbocycles. The van der Waals surface area contributed by atoms with Crippen LogP contribution in [0.15, 0.2) is 65.5 Å². The number of carbonyl (C=O) groups is 2. The SMILES string of the molecule is C[C@@H](c1nc2cccc(Cl)c2c(=O)n1-c1cccc(NC(=O)Nc2ccc(F)cc2F)c1)N(C(=O)O)C(C)(C)C. The molecule has 0 spiro atoms. The number of urea groups is 1. The molecule has 0 aliphatic rings. The van der Waals surface area contributed by atoms with Crippen LogP contribution in [0.3, 0.4) is 0 Å². The molecule has 4 aromatic rings. The van der Waals surface area contributed by atoms with Gasteiger partial charge >= 0.3 is 12.1 Å². The summed E-state index contributed by atoms with van der Waals surface area (Å²) in [5, 5.41) is 15.2. The molecule has 1 aromatic heterocycles. The second kappa shape index (κ2) is 10.9. The van der Waals surface area contributed by atoms with E-state index in [-0.39, 0.29) is 33.3 Å². The molecular weight excluding hydrogens is 544 g/mol. The quantitative estimate of drug-likeness (QED) is 0.244. The number of anilines is 2. The molecule has 0 radical (unpaired) electrons. The summed E-state index contributed by atoms with van der Waals surface area (Å²) in [6, 6.07) is 12.0. The van der Waals surface area contributed by atoms with Crippen LogP contribution < -0.4 is 16.2 Å². The first-order valence-electron chi connectivity index (χ1n) is 12.1. The third-order valence-corrected chi connectivity index (χ3v) is 6.42. The number of fused-ring (bicyclic) bond motifs is 1. The molecule has 0 aliphatic carbocycles. The Hall–Kier alpha value is -4.51. The fourth-order valence-electron chi connectivity index (χ4n) is 4.48. The molecule has 0 unspecified atom stereocenters. The molecule has 208 valence electrons. The number of amides is 3. The highest BCUT2D eigenvalue weighted by Gasteiger charge is 2.34. The smallest absolute Gasteiger partial charge is 0.408 e. The number of hydrogen-bond donors (Lipinski definition) is 3. The number of carboxylic acid groups (broad SMARTS) is 1. The van der Waals surface area contributed by atoms with Crippen LogP contribution in [0.5, 0.6) is 0 Å². The van der Waals surface area contributed by atoms with Gasteiger partial charge in [-0.05, 0) is 70.2 Å². The van der Waals surface area contributed by atoms with Crippen molar-refractivity contribution in [3.63, 3.8) is 0 Å². The van der Waals surface area contributed by atoms with Crippen molar-refractivity contribution in [3.05, 3.63) is 93.5 Å². The fraction of sp³-hybridized carbons (Fsp3) is 0.214. The third-order valence-electron chi connectivity index (χ3n) is 6.10. The highest BCUT2D eigenvalue weighted by Crippen LogP contribution is 2.30. The molecule has 40 heavy (non-hydrogen) atoms. The average molecular weight is 570 g/mol. The lowest BCUT2D eigenvalue weighted by atomic mass is 10.0. The Bertz CT molecular complexity index is 1690. The topological polar surface area (TPSA) is 117 Å². The molecule has 0 bridgehead atoms. The van der Waals surface area contributed by atoms with Crippen LogP contribution in [0.1, 0.15) is 39.6 Å². The average Bonchev–Trinajstić information content (AvgIpc) is 2.84. The zero-order chi connectivity index (χ0) is 29.4. The molecule has 0 saturated heterocycles. The summed E-state index contributed by atoms with van der Waals surface area (Å²) in [6.07, 6.45) is -1.20. The standard InChI is InChI=1S/C28H26ClF2N5O4/c1-15(36(27(39)40)28(2,3)4)24-33-22-10-6-9-19(29)23(22)25(37)35(24)18-8-5-7-17(14-18)32-26(38)34-21-12-11-16(30)13-20(21)31/h5-15H,1-4H3,(H,39,40)(H2,32,34,38)/t15-/m0/s1. The lowest BCUT2D eigenvalue weighted by Gasteiger charge is -2.38. The van der Waals surface area contributed by atoms with E-state index < -0.39 is 40.9 Å². The van der Waals surface area contributed by atoms with Crippen LogP contribution in [-0.2, 0) is 0 Å². The second-order valence-corrected chi connectivity index (χ2v) is 10.4. The molecule has 3 amide bonds. The summed E-state index contributed by atoms with van der Waals surface area (Å²) in [5.74, 6) is -1.61. The highest BCUT2D eigenvalue weighted by atomic mass is 35.5. The van der Waals surface area contributed by atoms with E-state index in [0.717, 1.165) is 12.1 Å². The number of benzene rings is 3. The Morgan fingerprint density at radius 1 is 1.05 bits per heavy atom. The van der Waals surface area contributed by atoms with E-state index in [2.05, 4.69) is 15.6 Å². The zero-order valence-corrected chi connectivity index (χ0v) is 22.8. The van der Waals surface area contributed by atoms with Gasteiger partial charge in [-0.2, -0.15) is 0 Å². The van der Waals surface area contributed by atoms with Crippen LogP contribution in [0, 0.1) is 11.6 Å². The Labute approximate surface area is 233 Å². The lowest BCUT2D eigenvalue weighted by molar-refractivity contribution is 0.0719. The first-order valence-corrected chi connectivity index (χ1v) is 12.5. The summed E-state index contributed by atoms with van der Waals surface area (Å²) in [5.41, 5.74) is -0.809. The van der Waals surface area contributed by atoms with Gasteiger partial charge in [-0.25, -0.2) is 23.4 Å².